The van der Waals surface area contributed by atoms with Crippen molar-refractivity contribution in [3.63, 3.8) is 0 Å². The van der Waals surface area contributed by atoms with Crippen molar-refractivity contribution in [2.24, 2.45) is 4.99 Å². The molecule has 30 heavy (non-hydrogen) atoms. The summed E-state index contributed by atoms with van der Waals surface area (Å²) in [5.41, 5.74) is 4.94. The van der Waals surface area contributed by atoms with E-state index in [-0.39, 0.29) is 5.75 Å². The first-order valence-corrected chi connectivity index (χ1v) is 9.50. The van der Waals surface area contributed by atoms with E-state index in [9.17, 15) is 8.78 Å². The van der Waals surface area contributed by atoms with Crippen molar-refractivity contribution in [1.29, 1.82) is 0 Å². The molecule has 0 aliphatic rings. The molecule has 0 saturated heterocycles. The number of hydrogen-bond acceptors (Lipinski definition) is 3. The monoisotopic (exact) mass is 412 g/mol. The summed E-state index contributed by atoms with van der Waals surface area (Å²) in [5, 5.41) is 3.26. The molecule has 0 fully saturated rings. The van der Waals surface area contributed by atoms with Crippen molar-refractivity contribution < 1.29 is 13.5 Å². The summed E-state index contributed by atoms with van der Waals surface area (Å²) in [6.45, 7) is 16.9. The van der Waals surface area contributed by atoms with E-state index in [2.05, 4.69) is 34.8 Å². The summed E-state index contributed by atoms with van der Waals surface area (Å²) in [6, 6.07) is 6.47. The molecule has 0 spiro atoms. The number of halogens is 2. The minimum Gasteiger partial charge on any atom is -0.433 e. The Morgan fingerprint density at radius 1 is 1.23 bits per heavy atom. The molecule has 0 atom stereocenters. The molecule has 0 saturated carbocycles. The highest BCUT2D eigenvalue weighted by Crippen LogP contribution is 2.22. The molecule has 1 rings (SSSR count). The molecule has 1 N–H and O–H groups in total. The Kier molecular flexibility index (Phi) is 9.69. The van der Waals surface area contributed by atoms with Gasteiger partial charge in [0.25, 0.3) is 0 Å². The SMILES string of the molecule is C=C/C=C(\C=C/C)C(/C=C(\C(=C)C)C(=C)NCc1ccc(OC(C)(F)F)cc1)=NC. The van der Waals surface area contributed by atoms with Crippen LogP contribution in [-0.2, 0) is 6.54 Å². The molecular weight excluding hydrogens is 382 g/mol. The molecule has 0 amide bonds. The topological polar surface area (TPSA) is 33.6 Å². The van der Waals surface area contributed by atoms with Crippen LogP contribution in [0.15, 0.2) is 102 Å². The van der Waals surface area contributed by atoms with Gasteiger partial charge >= 0.3 is 6.11 Å². The van der Waals surface area contributed by atoms with Gasteiger partial charge in [0.2, 0.25) is 0 Å². The van der Waals surface area contributed by atoms with Crippen LogP contribution in [0, 0.1) is 0 Å². The first-order valence-electron chi connectivity index (χ1n) is 9.50. The Hall–Kier alpha value is -3.21. The van der Waals surface area contributed by atoms with Gasteiger partial charge in [-0.2, -0.15) is 8.78 Å². The second-order valence-electron chi connectivity index (χ2n) is 6.69. The lowest BCUT2D eigenvalue weighted by Crippen LogP contribution is -2.19. The predicted octanol–water partition coefficient (Wildman–Crippen LogP) is 6.54. The van der Waals surface area contributed by atoms with E-state index in [4.69, 9.17) is 0 Å². The van der Waals surface area contributed by atoms with Crippen molar-refractivity contribution >= 4 is 5.71 Å². The molecule has 1 aromatic carbocycles. The molecular formula is C25H30F2N2O. The van der Waals surface area contributed by atoms with E-state index in [1.807, 2.05) is 38.2 Å². The van der Waals surface area contributed by atoms with Gasteiger partial charge in [0.15, 0.2) is 0 Å². The zero-order valence-corrected chi connectivity index (χ0v) is 18.1. The maximum atomic E-state index is 12.9. The lowest BCUT2D eigenvalue weighted by Gasteiger charge is -2.16. The molecule has 0 bridgehead atoms. The van der Waals surface area contributed by atoms with Crippen molar-refractivity contribution in [3.05, 3.63) is 102 Å². The number of rotatable bonds is 11. The third-order valence-electron chi connectivity index (χ3n) is 3.97. The molecule has 0 aliphatic heterocycles. The molecule has 0 aliphatic carbocycles. The van der Waals surface area contributed by atoms with Crippen molar-refractivity contribution in [2.45, 2.75) is 33.4 Å². The standard InChI is InChI=1S/C25H30F2N2O/c1-8-10-21(11-9-2)24(28-7)16-23(18(3)4)19(5)29-17-20-12-14-22(15-13-20)30-25(6,26)27/h8-16,29H,1,3,5,17H2,2,4,6-7H3/b11-9-,21-10+,23-16+,28-24?. The van der Waals surface area contributed by atoms with Gasteiger partial charge < -0.3 is 10.1 Å². The van der Waals surface area contributed by atoms with Gasteiger partial charge in [0, 0.05) is 31.8 Å². The summed E-state index contributed by atoms with van der Waals surface area (Å²) >= 11 is 0. The van der Waals surface area contributed by atoms with Gasteiger partial charge in [-0.3, -0.25) is 4.99 Å². The third kappa shape index (κ3) is 8.43. The van der Waals surface area contributed by atoms with E-state index in [1.165, 1.54) is 12.1 Å². The highest BCUT2D eigenvalue weighted by Gasteiger charge is 2.22. The van der Waals surface area contributed by atoms with Gasteiger partial charge in [-0.1, -0.05) is 56.2 Å². The van der Waals surface area contributed by atoms with Crippen LogP contribution < -0.4 is 10.1 Å². The van der Waals surface area contributed by atoms with Crippen LogP contribution >= 0.6 is 0 Å². The average Bonchev–Trinajstić information content (AvgIpc) is 2.66. The normalized spacial score (nSPS) is 13.3. The summed E-state index contributed by atoms with van der Waals surface area (Å²) in [6.07, 6.45) is 6.20. The summed E-state index contributed by atoms with van der Waals surface area (Å²) in [7, 11) is 1.72. The maximum Gasteiger partial charge on any atom is 0.394 e. The predicted molar refractivity (Wildman–Crippen MR) is 123 cm³/mol. The number of alkyl halides is 2. The lowest BCUT2D eigenvalue weighted by atomic mass is 10.0. The van der Waals surface area contributed by atoms with E-state index >= 15 is 0 Å². The van der Waals surface area contributed by atoms with Crippen LogP contribution in [0.2, 0.25) is 0 Å². The van der Waals surface area contributed by atoms with E-state index in [1.54, 1.807) is 25.3 Å². The zero-order valence-electron chi connectivity index (χ0n) is 18.1. The second kappa shape index (κ2) is 11.7. The quantitative estimate of drug-likeness (QED) is 0.331. The van der Waals surface area contributed by atoms with Gasteiger partial charge in [0.1, 0.15) is 5.75 Å². The Balaban J connectivity index is 2.97. The van der Waals surface area contributed by atoms with Crippen LogP contribution in [0.1, 0.15) is 26.3 Å². The van der Waals surface area contributed by atoms with Gasteiger partial charge in [-0.15, -0.1) is 0 Å². The number of hydrogen-bond donors (Lipinski definition) is 1. The van der Waals surface area contributed by atoms with Crippen LogP contribution in [0.4, 0.5) is 8.78 Å². The number of aliphatic imine (C=N–C) groups is 1. The molecule has 0 aromatic heterocycles. The molecule has 1 aromatic rings. The maximum absolute atomic E-state index is 12.9. The number of benzene rings is 1. The van der Waals surface area contributed by atoms with Crippen molar-refractivity contribution in [1.82, 2.24) is 5.32 Å². The van der Waals surface area contributed by atoms with E-state index in [0.717, 1.165) is 28.0 Å². The first kappa shape index (κ1) is 24.8. The first-order chi connectivity index (χ1) is 14.1. The lowest BCUT2D eigenvalue weighted by molar-refractivity contribution is -0.158. The van der Waals surface area contributed by atoms with Crippen molar-refractivity contribution in [2.75, 3.05) is 7.05 Å². The molecule has 0 unspecified atom stereocenters. The number of nitrogens with zero attached hydrogens (tertiary/aromatic N) is 1. The highest BCUT2D eigenvalue weighted by atomic mass is 19.3. The second-order valence-corrected chi connectivity index (χ2v) is 6.69. The molecule has 160 valence electrons. The Morgan fingerprint density at radius 3 is 2.33 bits per heavy atom. The van der Waals surface area contributed by atoms with Crippen molar-refractivity contribution in [3.8, 4) is 5.75 Å². The largest absolute Gasteiger partial charge is 0.433 e. The van der Waals surface area contributed by atoms with Crippen LogP contribution in [0.25, 0.3) is 0 Å². The smallest absolute Gasteiger partial charge is 0.394 e. The fourth-order valence-electron chi connectivity index (χ4n) is 2.60. The summed E-state index contributed by atoms with van der Waals surface area (Å²) < 4.78 is 30.4. The van der Waals surface area contributed by atoms with Gasteiger partial charge in [-0.25, -0.2) is 0 Å². The summed E-state index contributed by atoms with van der Waals surface area (Å²) in [5.74, 6) is 0.113. The molecule has 3 nitrogen and oxygen atoms in total. The van der Waals surface area contributed by atoms with E-state index < -0.39 is 6.11 Å². The van der Waals surface area contributed by atoms with Crippen LogP contribution in [0.3, 0.4) is 0 Å². The fraction of sp³-hybridized carbons (Fsp3) is 0.240. The molecule has 0 radical (unpaired) electrons. The minimum atomic E-state index is -3.21. The van der Waals surface area contributed by atoms with Crippen LogP contribution in [-0.4, -0.2) is 18.9 Å². The fourth-order valence-corrected chi connectivity index (χ4v) is 2.60. The minimum absolute atomic E-state index is 0.113. The number of allylic oxidation sites excluding steroid dienone is 7. The van der Waals surface area contributed by atoms with Gasteiger partial charge in [0.05, 0.1) is 5.71 Å². The highest BCUT2D eigenvalue weighted by molar-refractivity contribution is 6.11. The van der Waals surface area contributed by atoms with Gasteiger partial charge in [-0.05, 0) is 48.8 Å². The van der Waals surface area contributed by atoms with Crippen LogP contribution in [0.5, 0.6) is 5.75 Å². The molecule has 0 heterocycles. The molecule has 5 heteroatoms. The Labute approximate surface area is 178 Å². The Morgan fingerprint density at radius 2 is 1.87 bits per heavy atom. The number of ether oxygens (including phenoxy) is 1. The van der Waals surface area contributed by atoms with E-state index in [0.29, 0.717) is 19.2 Å². The zero-order chi connectivity index (χ0) is 22.7. The third-order valence-corrected chi connectivity index (χ3v) is 3.97. The average molecular weight is 413 g/mol. The Bertz CT molecular complexity index is 883. The number of nitrogens with one attached hydrogen (secondary N) is 1. The summed E-state index contributed by atoms with van der Waals surface area (Å²) in [4.78, 5) is 4.38.